The average Bonchev–Trinajstić information content (AvgIpc) is 3.29. The monoisotopic (exact) mass is 473 g/mol. The van der Waals surface area contributed by atoms with Crippen molar-refractivity contribution in [1.82, 2.24) is 4.98 Å². The fourth-order valence-electron chi connectivity index (χ4n) is 5.76. The molecule has 0 atom stereocenters. The van der Waals surface area contributed by atoms with Crippen LogP contribution < -0.4 is 15.9 Å². The summed E-state index contributed by atoms with van der Waals surface area (Å²) in [6.45, 7) is 10.4. The second-order valence-electron chi connectivity index (χ2n) is 10.3. The van der Waals surface area contributed by atoms with Crippen LogP contribution >= 0.6 is 0 Å². The lowest BCUT2D eigenvalue weighted by molar-refractivity contribution is 0.356. The van der Waals surface area contributed by atoms with E-state index in [0.717, 1.165) is 69.2 Å². The molecular weight excluding hydrogens is 438 g/mol. The van der Waals surface area contributed by atoms with Crippen molar-refractivity contribution in [3.63, 3.8) is 0 Å². The van der Waals surface area contributed by atoms with Gasteiger partial charge in [0, 0.05) is 27.6 Å². The van der Waals surface area contributed by atoms with Crippen LogP contribution in [0.1, 0.15) is 67.7 Å². The molecule has 2 aliphatic rings. The predicted molar refractivity (Wildman–Crippen MR) is 151 cm³/mol. The molecule has 5 rings (SSSR count). The van der Waals surface area contributed by atoms with Crippen LogP contribution in [0.25, 0.3) is 23.4 Å². The molecule has 3 heteroatoms. The van der Waals surface area contributed by atoms with Crippen molar-refractivity contribution < 1.29 is 0 Å². The van der Waals surface area contributed by atoms with Crippen LogP contribution in [0.5, 0.6) is 0 Å². The van der Waals surface area contributed by atoms with E-state index in [2.05, 4.69) is 84.1 Å². The van der Waals surface area contributed by atoms with Crippen molar-refractivity contribution >= 4 is 17.8 Å². The summed E-state index contributed by atoms with van der Waals surface area (Å²) in [4.78, 5) is 3.51. The fraction of sp³-hybridized carbons (Fsp3) is 0.303. The number of nitrogens with one attached hydrogen (secondary N) is 2. The van der Waals surface area contributed by atoms with Gasteiger partial charge in [-0.05, 0) is 84.2 Å². The van der Waals surface area contributed by atoms with Crippen molar-refractivity contribution in [3.05, 3.63) is 99.7 Å². The first-order chi connectivity index (χ1) is 17.6. The number of nitriles is 1. The van der Waals surface area contributed by atoms with Crippen LogP contribution in [0.15, 0.2) is 66.9 Å². The lowest BCUT2D eigenvalue weighted by Crippen LogP contribution is -2.23. The van der Waals surface area contributed by atoms with E-state index in [1.807, 2.05) is 6.92 Å². The molecule has 0 amide bonds. The van der Waals surface area contributed by atoms with Gasteiger partial charge >= 0.3 is 0 Å². The lowest BCUT2D eigenvalue weighted by Gasteiger charge is -2.22. The molecule has 0 spiro atoms. The van der Waals surface area contributed by atoms with E-state index in [9.17, 15) is 5.26 Å². The van der Waals surface area contributed by atoms with Crippen LogP contribution in [-0.2, 0) is 12.8 Å². The van der Waals surface area contributed by atoms with Crippen LogP contribution in [0, 0.1) is 17.2 Å². The molecule has 3 aromatic rings. The van der Waals surface area contributed by atoms with Crippen LogP contribution in [0.2, 0.25) is 0 Å². The minimum Gasteiger partial charge on any atom is -0.359 e. The largest absolute Gasteiger partial charge is 0.359 e. The Hall–Kier alpha value is -3.77. The Morgan fingerprint density at radius 2 is 1.89 bits per heavy atom. The normalized spacial score (nSPS) is 16.9. The number of hydrogen-bond acceptors (Lipinski definition) is 2. The minimum atomic E-state index is 0.708. The molecule has 1 fully saturated rings. The van der Waals surface area contributed by atoms with E-state index in [1.165, 1.54) is 43.2 Å². The number of allylic oxidation sites excluding steroid dienone is 3. The van der Waals surface area contributed by atoms with E-state index in [4.69, 9.17) is 0 Å². The lowest BCUT2D eigenvalue weighted by atomic mass is 9.83. The summed E-state index contributed by atoms with van der Waals surface area (Å²) in [5.41, 5.74) is 9.86. The van der Waals surface area contributed by atoms with Crippen molar-refractivity contribution in [2.45, 2.75) is 58.3 Å². The second-order valence-corrected chi connectivity index (χ2v) is 10.3. The van der Waals surface area contributed by atoms with E-state index in [-0.39, 0.29) is 0 Å². The molecule has 2 N–H and O–H groups in total. The number of rotatable bonds is 5. The molecule has 182 valence electrons. The fourth-order valence-corrected chi connectivity index (χ4v) is 5.76. The topological polar surface area (TPSA) is 51.6 Å². The van der Waals surface area contributed by atoms with Gasteiger partial charge in [0.15, 0.2) is 0 Å². The quantitative estimate of drug-likeness (QED) is 0.431. The molecule has 1 saturated carbocycles. The van der Waals surface area contributed by atoms with Gasteiger partial charge in [-0.25, -0.2) is 0 Å². The Bertz CT molecular complexity index is 1470. The molecular formula is C33H35N3. The highest BCUT2D eigenvalue weighted by atomic mass is 14.9. The van der Waals surface area contributed by atoms with Gasteiger partial charge in [-0.1, -0.05) is 75.6 Å². The third-order valence-electron chi connectivity index (χ3n) is 7.72. The third-order valence-corrected chi connectivity index (χ3v) is 7.72. The Kier molecular flexibility index (Phi) is 6.96. The highest BCUT2D eigenvalue weighted by Crippen LogP contribution is 2.31. The van der Waals surface area contributed by atoms with Gasteiger partial charge in [0.25, 0.3) is 0 Å². The van der Waals surface area contributed by atoms with E-state index < -0.39 is 0 Å². The summed E-state index contributed by atoms with van der Waals surface area (Å²) in [5, 5.41) is 15.3. The SMILES string of the molecule is C=C1CCc2cc(-c3c/c(=C(/C=C\C)c4ccc(CC5CCCCC5)c(C#N)c4)c(=C)[nH]3)ccc2N1. The van der Waals surface area contributed by atoms with Gasteiger partial charge in [-0.15, -0.1) is 0 Å². The van der Waals surface area contributed by atoms with Gasteiger partial charge in [-0.3, -0.25) is 0 Å². The highest BCUT2D eigenvalue weighted by Gasteiger charge is 2.17. The molecule has 1 aliphatic carbocycles. The number of benzene rings is 2. The maximum Gasteiger partial charge on any atom is 0.0994 e. The highest BCUT2D eigenvalue weighted by molar-refractivity contribution is 5.76. The molecule has 0 saturated heterocycles. The summed E-state index contributed by atoms with van der Waals surface area (Å²) in [7, 11) is 0. The zero-order valence-corrected chi connectivity index (χ0v) is 21.3. The van der Waals surface area contributed by atoms with Gasteiger partial charge in [0.1, 0.15) is 0 Å². The summed E-state index contributed by atoms with van der Waals surface area (Å²) >= 11 is 0. The average molecular weight is 474 g/mol. The molecule has 0 radical (unpaired) electrons. The molecule has 3 nitrogen and oxygen atoms in total. The summed E-state index contributed by atoms with van der Waals surface area (Å²) in [5.74, 6) is 0.708. The maximum atomic E-state index is 9.97. The number of aryl methyl sites for hydroxylation is 1. The molecule has 2 heterocycles. The molecule has 1 aliphatic heterocycles. The second kappa shape index (κ2) is 10.5. The molecule has 0 bridgehead atoms. The van der Waals surface area contributed by atoms with Crippen LogP contribution in [0.3, 0.4) is 0 Å². The summed E-state index contributed by atoms with van der Waals surface area (Å²) in [6, 6.07) is 17.6. The molecule has 2 aromatic carbocycles. The predicted octanol–water partition coefficient (Wildman–Crippen LogP) is 6.73. The first-order valence-electron chi connectivity index (χ1n) is 13.2. The number of fused-ring (bicyclic) bond motifs is 1. The summed E-state index contributed by atoms with van der Waals surface area (Å²) < 4.78 is 0. The third kappa shape index (κ3) is 4.95. The smallest absolute Gasteiger partial charge is 0.0994 e. The van der Waals surface area contributed by atoms with Crippen molar-refractivity contribution in [2.24, 2.45) is 5.92 Å². The van der Waals surface area contributed by atoms with Crippen molar-refractivity contribution in [2.75, 3.05) is 5.32 Å². The zero-order chi connectivity index (χ0) is 25.1. The number of aromatic nitrogens is 1. The Morgan fingerprint density at radius 1 is 1.06 bits per heavy atom. The van der Waals surface area contributed by atoms with Gasteiger partial charge in [0.05, 0.1) is 11.6 Å². The van der Waals surface area contributed by atoms with Gasteiger partial charge in [0.2, 0.25) is 0 Å². The maximum absolute atomic E-state index is 9.97. The zero-order valence-electron chi connectivity index (χ0n) is 21.3. The number of hydrogen-bond donors (Lipinski definition) is 2. The van der Waals surface area contributed by atoms with Crippen LogP contribution in [-0.4, -0.2) is 4.98 Å². The van der Waals surface area contributed by atoms with E-state index in [1.54, 1.807) is 0 Å². The molecule has 0 unspecified atom stereocenters. The Labute approximate surface area is 214 Å². The van der Waals surface area contributed by atoms with Crippen molar-refractivity contribution in [3.8, 4) is 17.3 Å². The Balaban J connectivity index is 1.53. The molecule has 1 aromatic heterocycles. The van der Waals surface area contributed by atoms with Gasteiger partial charge in [-0.2, -0.15) is 5.26 Å². The number of aromatic amines is 1. The number of nitrogens with zero attached hydrogens (tertiary/aromatic N) is 1. The van der Waals surface area contributed by atoms with E-state index in [0.29, 0.717) is 5.92 Å². The first-order valence-corrected chi connectivity index (χ1v) is 13.2. The first kappa shape index (κ1) is 23.9. The van der Waals surface area contributed by atoms with Gasteiger partial charge < -0.3 is 10.3 Å². The van der Waals surface area contributed by atoms with E-state index >= 15 is 0 Å². The number of H-pyrrole nitrogens is 1. The standard InChI is InChI=1S/C33H35N3/c1-4-8-30(26-14-13-25(29(18-26)21-34)17-24-9-6-5-7-10-24)31-20-33(36-23(31)3)28-15-16-32-27(19-28)12-11-22(2)35-32/h4,8,13-16,18-20,24,35-36H,2-3,5-7,9-12,17H2,1H3/b8-4-,31-30+. The van der Waals surface area contributed by atoms with Crippen LogP contribution in [0.4, 0.5) is 5.69 Å². The molecule has 36 heavy (non-hydrogen) atoms. The minimum absolute atomic E-state index is 0.708. The number of anilines is 1. The Morgan fingerprint density at radius 3 is 2.67 bits per heavy atom. The van der Waals surface area contributed by atoms with Crippen molar-refractivity contribution in [1.29, 1.82) is 5.26 Å². The summed E-state index contributed by atoms with van der Waals surface area (Å²) in [6.07, 6.45) is 13.7.